The summed E-state index contributed by atoms with van der Waals surface area (Å²) in [6.45, 7) is 10.1. The van der Waals surface area contributed by atoms with Crippen LogP contribution in [0, 0.1) is 0 Å². The average molecular weight is 625 g/mol. The molecule has 0 N–H and O–H groups in total. The molecule has 0 amide bonds. The van der Waals surface area contributed by atoms with Gasteiger partial charge in [-0.1, -0.05) is 184 Å². The van der Waals surface area contributed by atoms with Gasteiger partial charge in [0.15, 0.2) is 0 Å². The molecule has 0 radical (unpaired) electrons. The molecule has 8 rings (SSSR count). The van der Waals surface area contributed by atoms with Gasteiger partial charge in [-0.05, 0) is 67.8 Å². The summed E-state index contributed by atoms with van der Waals surface area (Å²) in [5, 5.41) is 5.25. The van der Waals surface area contributed by atoms with Crippen molar-refractivity contribution in [3.05, 3.63) is 190 Å². The third-order valence-electron chi connectivity index (χ3n) is 11.3. The molecule has 0 saturated carbocycles. The molecule has 4 atom stereocenters. The minimum absolute atomic E-state index is 0.264. The molecule has 1 heteroatoms. The van der Waals surface area contributed by atoms with E-state index in [4.69, 9.17) is 0 Å². The second-order valence-corrected chi connectivity index (χ2v) is 19.1. The van der Waals surface area contributed by atoms with Crippen LogP contribution < -0.4 is 0 Å². The SMILES string of the molecule is CCC1=CC2=C(C=CC=CC2c2ccc3ccccc3c2)C1[Si](C)(C)C1C(CC)=CC2=C1C=CC=CC2c1ccc2ccccc2c1. The average Bonchev–Trinajstić information content (AvgIpc) is 3.51. The second-order valence-electron chi connectivity index (χ2n) is 14.3. The van der Waals surface area contributed by atoms with E-state index in [2.05, 4.69) is 173 Å². The monoisotopic (exact) mass is 624 g/mol. The van der Waals surface area contributed by atoms with Crippen LogP contribution in [0.5, 0.6) is 0 Å². The van der Waals surface area contributed by atoms with Gasteiger partial charge in [-0.25, -0.2) is 0 Å². The molecule has 4 aromatic rings. The van der Waals surface area contributed by atoms with Crippen LogP contribution in [0.25, 0.3) is 21.5 Å². The fourth-order valence-electron chi connectivity index (χ4n) is 9.19. The van der Waals surface area contributed by atoms with Crippen LogP contribution in [0.15, 0.2) is 179 Å². The van der Waals surface area contributed by atoms with Crippen LogP contribution >= 0.6 is 0 Å². The maximum atomic E-state index is 2.69. The highest BCUT2D eigenvalue weighted by atomic mass is 28.3. The van der Waals surface area contributed by atoms with E-state index in [0.29, 0.717) is 11.1 Å². The Hall–Kier alpha value is -4.46. The predicted molar refractivity (Wildman–Crippen MR) is 206 cm³/mol. The van der Waals surface area contributed by atoms with Crippen molar-refractivity contribution in [3.63, 3.8) is 0 Å². The smallest absolute Gasteiger partial charge is 0.0722 e. The van der Waals surface area contributed by atoms with Crippen LogP contribution in [-0.2, 0) is 0 Å². The Labute approximate surface area is 281 Å². The Morgan fingerprint density at radius 2 is 0.915 bits per heavy atom. The van der Waals surface area contributed by atoms with Gasteiger partial charge in [0.1, 0.15) is 0 Å². The molecule has 0 nitrogen and oxygen atoms in total. The summed E-state index contributed by atoms with van der Waals surface area (Å²) in [4.78, 5) is 0. The van der Waals surface area contributed by atoms with Gasteiger partial charge >= 0.3 is 0 Å². The molecule has 4 unspecified atom stereocenters. The highest BCUT2D eigenvalue weighted by molar-refractivity contribution is 6.83. The third-order valence-corrected chi connectivity index (χ3v) is 15.7. The van der Waals surface area contributed by atoms with Gasteiger partial charge in [0.25, 0.3) is 0 Å². The van der Waals surface area contributed by atoms with E-state index in [1.807, 2.05) is 0 Å². The van der Waals surface area contributed by atoms with Crippen LogP contribution in [-0.4, -0.2) is 8.07 Å². The summed E-state index contributed by atoms with van der Waals surface area (Å²) in [6.07, 6.45) is 26.4. The lowest BCUT2D eigenvalue weighted by atomic mass is 9.88. The van der Waals surface area contributed by atoms with E-state index in [1.165, 1.54) is 43.8 Å². The number of fused-ring (bicyclic) bond motifs is 2. The van der Waals surface area contributed by atoms with E-state index < -0.39 is 8.07 Å². The van der Waals surface area contributed by atoms with Crippen LogP contribution in [0.2, 0.25) is 24.2 Å². The normalized spacial score (nSPS) is 23.7. The van der Waals surface area contributed by atoms with Crippen molar-refractivity contribution in [2.45, 2.75) is 62.7 Å². The van der Waals surface area contributed by atoms with Crippen LogP contribution in [0.4, 0.5) is 0 Å². The van der Waals surface area contributed by atoms with Crippen LogP contribution in [0.3, 0.4) is 0 Å². The zero-order valence-corrected chi connectivity index (χ0v) is 29.1. The molecular weight excluding hydrogens is 581 g/mol. The van der Waals surface area contributed by atoms with E-state index in [-0.39, 0.29) is 11.8 Å². The van der Waals surface area contributed by atoms with Crippen molar-refractivity contribution >= 4 is 29.6 Å². The Morgan fingerprint density at radius 3 is 1.34 bits per heavy atom. The maximum Gasteiger partial charge on any atom is 0.0722 e. The first-order valence-corrected chi connectivity index (χ1v) is 20.7. The maximum absolute atomic E-state index is 2.69. The first-order chi connectivity index (χ1) is 23.0. The van der Waals surface area contributed by atoms with Crippen molar-refractivity contribution in [1.29, 1.82) is 0 Å². The highest BCUT2D eigenvalue weighted by Gasteiger charge is 2.49. The molecule has 0 aliphatic heterocycles. The molecule has 0 aromatic heterocycles. The molecule has 0 bridgehead atoms. The Balaban J connectivity index is 1.22. The lowest BCUT2D eigenvalue weighted by Gasteiger charge is -2.41. The van der Waals surface area contributed by atoms with E-state index in [0.717, 1.165) is 12.8 Å². The number of rotatable bonds is 6. The van der Waals surface area contributed by atoms with Gasteiger partial charge in [-0.15, -0.1) is 0 Å². The molecule has 47 heavy (non-hydrogen) atoms. The topological polar surface area (TPSA) is 0 Å². The number of allylic oxidation sites excluding steroid dienone is 16. The zero-order chi connectivity index (χ0) is 32.1. The first-order valence-electron chi connectivity index (χ1n) is 17.5. The summed E-state index contributed by atoms with van der Waals surface area (Å²) >= 11 is 0. The zero-order valence-electron chi connectivity index (χ0n) is 28.1. The van der Waals surface area contributed by atoms with Gasteiger partial charge in [0, 0.05) is 22.9 Å². The Bertz CT molecular complexity index is 2000. The summed E-state index contributed by atoms with van der Waals surface area (Å²) in [6, 6.07) is 31.6. The fourth-order valence-corrected chi connectivity index (χ4v) is 14.1. The van der Waals surface area contributed by atoms with Crippen molar-refractivity contribution in [1.82, 2.24) is 0 Å². The van der Waals surface area contributed by atoms with Gasteiger partial charge in [0.05, 0.1) is 8.07 Å². The van der Waals surface area contributed by atoms with E-state index >= 15 is 0 Å². The van der Waals surface area contributed by atoms with E-state index in [1.54, 1.807) is 22.3 Å². The standard InChI is InChI=1S/C46H44Si/c1-5-31-29-43-39(37-25-23-33-15-7-9-17-35(33)27-37)19-11-13-21-41(43)45(31)47(3,4)46-32(6-2)30-44-40(20-12-14-22-42(44)46)38-26-24-34-16-8-10-18-36(34)28-38/h7-30,39-40,45-46H,5-6H2,1-4H3. The third kappa shape index (κ3) is 5.04. The van der Waals surface area contributed by atoms with Crippen LogP contribution in [0.1, 0.15) is 49.7 Å². The molecule has 0 fully saturated rings. The Morgan fingerprint density at radius 1 is 0.489 bits per heavy atom. The molecule has 0 spiro atoms. The second kappa shape index (κ2) is 12.0. The molecule has 232 valence electrons. The lowest BCUT2D eigenvalue weighted by molar-refractivity contribution is 0.924. The fraction of sp³-hybridized carbons (Fsp3) is 0.217. The quantitative estimate of drug-likeness (QED) is 0.187. The Kier molecular flexibility index (Phi) is 7.61. The molecule has 4 aromatic carbocycles. The summed E-state index contributed by atoms with van der Waals surface area (Å²) < 4.78 is 0. The first kappa shape index (κ1) is 29.9. The van der Waals surface area contributed by atoms with Gasteiger partial charge in [-0.3, -0.25) is 0 Å². The van der Waals surface area contributed by atoms with Gasteiger partial charge in [0.2, 0.25) is 0 Å². The number of hydrogen-bond acceptors (Lipinski definition) is 0. The van der Waals surface area contributed by atoms with E-state index in [9.17, 15) is 0 Å². The lowest BCUT2D eigenvalue weighted by Crippen LogP contribution is -2.40. The summed E-state index contributed by atoms with van der Waals surface area (Å²) in [5.74, 6) is 0.527. The van der Waals surface area contributed by atoms with Crippen molar-refractivity contribution in [2.75, 3.05) is 0 Å². The molecule has 0 heterocycles. The number of hydrogen-bond donors (Lipinski definition) is 0. The summed E-state index contributed by atoms with van der Waals surface area (Å²) in [7, 11) is -2.03. The molecular formula is C46H44Si. The van der Waals surface area contributed by atoms with Gasteiger partial charge in [-0.2, -0.15) is 0 Å². The van der Waals surface area contributed by atoms with Crippen molar-refractivity contribution in [3.8, 4) is 0 Å². The summed E-state index contributed by atoms with van der Waals surface area (Å²) in [5.41, 5.74) is 13.1. The van der Waals surface area contributed by atoms with Crippen molar-refractivity contribution < 1.29 is 0 Å². The van der Waals surface area contributed by atoms with Gasteiger partial charge < -0.3 is 0 Å². The van der Waals surface area contributed by atoms with Crippen molar-refractivity contribution in [2.24, 2.45) is 0 Å². The largest absolute Gasteiger partial charge is 0.0726 e. The molecule has 4 aliphatic carbocycles. The highest BCUT2D eigenvalue weighted by Crippen LogP contribution is 2.59. The minimum Gasteiger partial charge on any atom is -0.0726 e. The molecule has 0 saturated heterocycles. The number of benzene rings is 4. The minimum atomic E-state index is -2.03. The predicted octanol–water partition coefficient (Wildman–Crippen LogP) is 12.9. The molecule has 4 aliphatic rings.